The van der Waals surface area contributed by atoms with Gasteiger partial charge in [0.25, 0.3) is 0 Å². The second-order valence-corrected chi connectivity index (χ2v) is 4.16. The third-order valence-corrected chi connectivity index (χ3v) is 2.52. The minimum absolute atomic E-state index is 0.237. The van der Waals surface area contributed by atoms with Crippen LogP contribution in [0.1, 0.15) is 52.9 Å². The maximum atomic E-state index is 11.7. The molecule has 0 aliphatic carbocycles. The largest absolute Gasteiger partial charge is 0.466 e. The van der Waals surface area contributed by atoms with E-state index in [0.717, 1.165) is 12.8 Å². The first-order valence-corrected chi connectivity index (χ1v) is 7.09. The monoisotopic (exact) mass is 274 g/mol. The van der Waals surface area contributed by atoms with Crippen molar-refractivity contribution >= 4 is 11.9 Å². The highest BCUT2D eigenvalue weighted by Gasteiger charge is 2.20. The third kappa shape index (κ3) is 9.47. The van der Waals surface area contributed by atoms with Gasteiger partial charge in [0.1, 0.15) is 0 Å². The molecule has 0 fully saturated rings. The van der Waals surface area contributed by atoms with Gasteiger partial charge >= 0.3 is 11.9 Å². The van der Waals surface area contributed by atoms with E-state index in [2.05, 4.69) is 6.92 Å². The number of carbonyl (C=O) groups excluding carboxylic acids is 2. The van der Waals surface area contributed by atoms with Crippen LogP contribution in [0.25, 0.3) is 0 Å². The number of unbranched alkanes of at least 4 members (excludes halogenated alkanes) is 1. The molecule has 0 spiro atoms. The second-order valence-electron chi connectivity index (χ2n) is 4.16. The van der Waals surface area contributed by atoms with Crippen LogP contribution in [0.4, 0.5) is 0 Å². The Bertz CT molecular complexity index is 252. The molecule has 5 heteroatoms. The van der Waals surface area contributed by atoms with Crippen LogP contribution in [0.5, 0.6) is 0 Å². The quantitative estimate of drug-likeness (QED) is 0.428. The van der Waals surface area contributed by atoms with Crippen molar-refractivity contribution in [1.82, 2.24) is 0 Å². The van der Waals surface area contributed by atoms with Crippen LogP contribution in [0.3, 0.4) is 0 Å². The van der Waals surface area contributed by atoms with Crippen molar-refractivity contribution < 1.29 is 23.8 Å². The summed E-state index contributed by atoms with van der Waals surface area (Å²) in [6.45, 7) is 6.85. The molecular formula is C14H26O5. The fourth-order valence-corrected chi connectivity index (χ4v) is 1.54. The lowest BCUT2D eigenvalue weighted by Gasteiger charge is -2.16. The number of ether oxygens (including phenoxy) is 3. The van der Waals surface area contributed by atoms with Crippen LogP contribution in [-0.2, 0) is 23.8 Å². The predicted molar refractivity (Wildman–Crippen MR) is 71.8 cm³/mol. The van der Waals surface area contributed by atoms with E-state index in [4.69, 9.17) is 14.2 Å². The number of carbonyl (C=O) groups is 2. The molecule has 0 radical (unpaired) electrons. The molecule has 19 heavy (non-hydrogen) atoms. The van der Waals surface area contributed by atoms with Gasteiger partial charge in [0.05, 0.1) is 13.2 Å². The normalized spacial score (nSPS) is 11.9. The van der Waals surface area contributed by atoms with E-state index in [1.807, 2.05) is 0 Å². The molecule has 1 unspecified atom stereocenters. The van der Waals surface area contributed by atoms with E-state index >= 15 is 0 Å². The van der Waals surface area contributed by atoms with Crippen molar-refractivity contribution in [2.45, 2.75) is 59.0 Å². The molecule has 0 bridgehead atoms. The first-order chi connectivity index (χ1) is 9.15. The highest BCUT2D eigenvalue weighted by molar-refractivity contribution is 5.74. The van der Waals surface area contributed by atoms with Crippen LogP contribution in [-0.4, -0.2) is 37.9 Å². The number of hydrogen-bond acceptors (Lipinski definition) is 5. The Morgan fingerprint density at radius 1 is 1.00 bits per heavy atom. The standard InChI is InChI=1S/C14H26O5/c1-4-7-11-19-12(14(16)18-6-3)9-8-10-13(15)17-5-2/h12H,4-11H2,1-3H3. The van der Waals surface area contributed by atoms with Crippen LogP contribution in [0.2, 0.25) is 0 Å². The molecule has 0 amide bonds. The average Bonchev–Trinajstić information content (AvgIpc) is 2.37. The maximum Gasteiger partial charge on any atom is 0.335 e. The van der Waals surface area contributed by atoms with Crippen molar-refractivity contribution in [2.24, 2.45) is 0 Å². The fraction of sp³-hybridized carbons (Fsp3) is 0.857. The Morgan fingerprint density at radius 3 is 2.26 bits per heavy atom. The number of hydrogen-bond donors (Lipinski definition) is 0. The van der Waals surface area contributed by atoms with Gasteiger partial charge in [-0.05, 0) is 33.1 Å². The Labute approximate surface area is 115 Å². The smallest absolute Gasteiger partial charge is 0.335 e. The summed E-state index contributed by atoms with van der Waals surface area (Å²) in [7, 11) is 0. The molecule has 0 aliphatic rings. The van der Waals surface area contributed by atoms with Gasteiger partial charge in [0.15, 0.2) is 6.10 Å². The molecule has 5 nitrogen and oxygen atoms in total. The van der Waals surface area contributed by atoms with Crippen molar-refractivity contribution in [3.8, 4) is 0 Å². The summed E-state index contributed by atoms with van der Waals surface area (Å²) in [5.74, 6) is -0.582. The van der Waals surface area contributed by atoms with E-state index in [0.29, 0.717) is 39.1 Å². The molecule has 112 valence electrons. The van der Waals surface area contributed by atoms with Gasteiger partial charge in [0, 0.05) is 13.0 Å². The van der Waals surface area contributed by atoms with Gasteiger partial charge in [-0.2, -0.15) is 0 Å². The Morgan fingerprint density at radius 2 is 1.68 bits per heavy atom. The summed E-state index contributed by atoms with van der Waals surface area (Å²) in [6.07, 6.45) is 2.71. The number of rotatable bonds is 11. The SMILES string of the molecule is CCCCOC(CCCC(=O)OCC)C(=O)OCC. The summed E-state index contributed by atoms with van der Waals surface area (Å²) in [5.41, 5.74) is 0. The third-order valence-electron chi connectivity index (χ3n) is 2.52. The Balaban J connectivity index is 4.03. The highest BCUT2D eigenvalue weighted by atomic mass is 16.6. The van der Waals surface area contributed by atoms with Crippen molar-refractivity contribution in [2.75, 3.05) is 19.8 Å². The van der Waals surface area contributed by atoms with Gasteiger partial charge in [-0.25, -0.2) is 4.79 Å². The van der Waals surface area contributed by atoms with Gasteiger partial charge in [0.2, 0.25) is 0 Å². The summed E-state index contributed by atoms with van der Waals surface area (Å²) in [5, 5.41) is 0. The zero-order chi connectivity index (χ0) is 14.5. The molecule has 0 rings (SSSR count). The molecule has 0 aromatic rings. The first-order valence-electron chi connectivity index (χ1n) is 7.09. The molecule has 0 aliphatic heterocycles. The molecule has 0 N–H and O–H groups in total. The van der Waals surface area contributed by atoms with Crippen LogP contribution in [0.15, 0.2) is 0 Å². The van der Waals surface area contributed by atoms with Crippen LogP contribution in [0, 0.1) is 0 Å². The van der Waals surface area contributed by atoms with Gasteiger partial charge in [-0.1, -0.05) is 13.3 Å². The van der Waals surface area contributed by atoms with Crippen molar-refractivity contribution in [3.05, 3.63) is 0 Å². The predicted octanol–water partition coefficient (Wildman–Crippen LogP) is 2.47. The highest BCUT2D eigenvalue weighted by Crippen LogP contribution is 2.09. The topological polar surface area (TPSA) is 61.8 Å². The fourth-order valence-electron chi connectivity index (χ4n) is 1.54. The molecule has 0 aromatic carbocycles. The minimum Gasteiger partial charge on any atom is -0.466 e. The second kappa shape index (κ2) is 12.0. The van der Waals surface area contributed by atoms with E-state index < -0.39 is 6.10 Å². The van der Waals surface area contributed by atoms with Crippen LogP contribution >= 0.6 is 0 Å². The summed E-state index contributed by atoms with van der Waals surface area (Å²) in [6, 6.07) is 0. The van der Waals surface area contributed by atoms with Gasteiger partial charge in [-0.3, -0.25) is 4.79 Å². The van der Waals surface area contributed by atoms with Crippen LogP contribution < -0.4 is 0 Å². The Kier molecular flexibility index (Phi) is 11.3. The number of esters is 2. The molecular weight excluding hydrogens is 248 g/mol. The van der Waals surface area contributed by atoms with E-state index in [1.54, 1.807) is 13.8 Å². The van der Waals surface area contributed by atoms with Gasteiger partial charge < -0.3 is 14.2 Å². The molecule has 0 heterocycles. The lowest BCUT2D eigenvalue weighted by molar-refractivity contribution is -0.158. The van der Waals surface area contributed by atoms with Gasteiger partial charge in [-0.15, -0.1) is 0 Å². The van der Waals surface area contributed by atoms with E-state index in [1.165, 1.54) is 0 Å². The molecule has 0 saturated carbocycles. The molecule has 1 atom stereocenters. The van der Waals surface area contributed by atoms with Crippen molar-refractivity contribution in [1.29, 1.82) is 0 Å². The zero-order valence-corrected chi connectivity index (χ0v) is 12.3. The minimum atomic E-state index is -0.569. The summed E-state index contributed by atoms with van der Waals surface area (Å²) >= 11 is 0. The molecule has 0 aromatic heterocycles. The first kappa shape index (κ1) is 17.9. The lowest BCUT2D eigenvalue weighted by atomic mass is 10.1. The summed E-state index contributed by atoms with van der Waals surface area (Å²) < 4.78 is 15.3. The average molecular weight is 274 g/mol. The summed E-state index contributed by atoms with van der Waals surface area (Å²) in [4.78, 5) is 22.9. The van der Waals surface area contributed by atoms with E-state index in [9.17, 15) is 9.59 Å². The Hall–Kier alpha value is -1.10. The van der Waals surface area contributed by atoms with E-state index in [-0.39, 0.29) is 11.9 Å². The zero-order valence-electron chi connectivity index (χ0n) is 12.3. The lowest BCUT2D eigenvalue weighted by Crippen LogP contribution is -2.27. The molecule has 0 saturated heterocycles. The maximum absolute atomic E-state index is 11.7. The van der Waals surface area contributed by atoms with Crippen molar-refractivity contribution in [3.63, 3.8) is 0 Å².